The van der Waals surface area contributed by atoms with Crippen LogP contribution in [0.25, 0.3) is 0 Å². The van der Waals surface area contributed by atoms with Gasteiger partial charge >= 0.3 is 5.97 Å². The van der Waals surface area contributed by atoms with Crippen LogP contribution in [-0.2, 0) is 0 Å². The minimum atomic E-state index is -0.367. The van der Waals surface area contributed by atoms with E-state index < -0.39 is 0 Å². The second kappa shape index (κ2) is 8.67. The van der Waals surface area contributed by atoms with Crippen LogP contribution in [0.4, 0.5) is 0 Å². The molecule has 2 aromatic rings. The summed E-state index contributed by atoms with van der Waals surface area (Å²) in [5.41, 5.74) is 2.43. The summed E-state index contributed by atoms with van der Waals surface area (Å²) in [7, 11) is 0. The predicted molar refractivity (Wildman–Crippen MR) is 102 cm³/mol. The van der Waals surface area contributed by atoms with Crippen molar-refractivity contribution in [2.45, 2.75) is 51.4 Å². The van der Waals surface area contributed by atoms with Crippen LogP contribution in [0.1, 0.15) is 72.9 Å². The monoisotopic (exact) mass is 347 g/mol. The summed E-state index contributed by atoms with van der Waals surface area (Å²) in [4.78, 5) is 12.3. The number of carbonyl (C=O) groups excluding carboxylic acids is 1. The van der Waals surface area contributed by atoms with Crippen molar-refractivity contribution < 1.29 is 9.53 Å². The van der Waals surface area contributed by atoms with Crippen LogP contribution >= 0.6 is 0 Å². The van der Waals surface area contributed by atoms with Gasteiger partial charge in [0.15, 0.2) is 0 Å². The molecule has 0 aliphatic heterocycles. The lowest BCUT2D eigenvalue weighted by Gasteiger charge is -2.12. The van der Waals surface area contributed by atoms with Crippen molar-refractivity contribution in [3.05, 3.63) is 65.2 Å². The maximum atomic E-state index is 12.3. The van der Waals surface area contributed by atoms with Crippen LogP contribution in [-0.4, -0.2) is 5.97 Å². The molecule has 3 nitrogen and oxygen atoms in total. The van der Waals surface area contributed by atoms with E-state index in [-0.39, 0.29) is 5.97 Å². The summed E-state index contributed by atoms with van der Waals surface area (Å²) in [6.07, 6.45) is 7.81. The smallest absolute Gasteiger partial charge is 0.343 e. The number of unbranched alkanes of at least 4 members (excludes halogenated alkanes) is 1. The average molecular weight is 347 g/mol. The molecule has 0 radical (unpaired) electrons. The summed E-state index contributed by atoms with van der Waals surface area (Å²) in [6.45, 7) is 2.25. The van der Waals surface area contributed by atoms with E-state index in [1.165, 1.54) is 44.1 Å². The number of nitriles is 1. The Morgan fingerprint density at radius 3 is 2.50 bits per heavy atom. The van der Waals surface area contributed by atoms with Gasteiger partial charge in [-0.1, -0.05) is 38.3 Å². The molecule has 1 aliphatic carbocycles. The Kier molecular flexibility index (Phi) is 6.07. The van der Waals surface area contributed by atoms with E-state index in [9.17, 15) is 4.79 Å². The van der Waals surface area contributed by atoms with Crippen molar-refractivity contribution in [2.24, 2.45) is 5.92 Å². The molecule has 1 aliphatic rings. The summed E-state index contributed by atoms with van der Waals surface area (Å²) < 4.78 is 5.38. The molecule has 0 bridgehead atoms. The van der Waals surface area contributed by atoms with Crippen molar-refractivity contribution in [2.75, 3.05) is 0 Å². The highest BCUT2D eigenvalue weighted by Gasteiger charge is 2.25. The standard InChI is InChI=1S/C23H25NO2/c1-2-3-4-17-5-8-21(15-17)19-9-11-20(12-10-19)23(25)26-22-13-6-18(16-24)7-14-22/h6-7,9-14,17,21H,2-5,8,15H2,1H3/t17-,21+/m1/s1. The normalized spacial score (nSPS) is 19.1. The molecule has 1 fully saturated rings. The fraction of sp³-hybridized carbons (Fsp3) is 0.391. The van der Waals surface area contributed by atoms with Crippen molar-refractivity contribution in [3.8, 4) is 11.8 Å². The molecular weight excluding hydrogens is 322 g/mol. The van der Waals surface area contributed by atoms with E-state index in [4.69, 9.17) is 10.00 Å². The molecule has 26 heavy (non-hydrogen) atoms. The molecule has 0 N–H and O–H groups in total. The number of hydrogen-bond acceptors (Lipinski definition) is 3. The van der Waals surface area contributed by atoms with Gasteiger partial charge in [-0.3, -0.25) is 0 Å². The molecule has 3 heteroatoms. The Balaban J connectivity index is 1.58. The molecular formula is C23H25NO2. The van der Waals surface area contributed by atoms with E-state index in [1.807, 2.05) is 18.2 Å². The third-order valence-electron chi connectivity index (χ3n) is 5.32. The third-order valence-corrected chi connectivity index (χ3v) is 5.32. The van der Waals surface area contributed by atoms with Crippen molar-refractivity contribution in [3.63, 3.8) is 0 Å². The zero-order valence-corrected chi connectivity index (χ0v) is 15.3. The van der Waals surface area contributed by atoms with Crippen LogP contribution in [0.2, 0.25) is 0 Å². The Bertz CT molecular complexity index is 771. The zero-order chi connectivity index (χ0) is 18.4. The molecule has 0 spiro atoms. The summed E-state index contributed by atoms with van der Waals surface area (Å²) in [5, 5.41) is 8.81. The molecule has 2 aromatic carbocycles. The van der Waals surface area contributed by atoms with Gasteiger partial charge in [0.1, 0.15) is 5.75 Å². The maximum absolute atomic E-state index is 12.3. The molecule has 2 atom stereocenters. The highest BCUT2D eigenvalue weighted by atomic mass is 16.5. The fourth-order valence-corrected chi connectivity index (χ4v) is 3.79. The van der Waals surface area contributed by atoms with Gasteiger partial charge in [-0.2, -0.15) is 5.26 Å². The molecule has 1 saturated carbocycles. The van der Waals surface area contributed by atoms with Gasteiger partial charge in [0.25, 0.3) is 0 Å². The first-order valence-corrected chi connectivity index (χ1v) is 9.52. The number of nitrogens with zero attached hydrogens (tertiary/aromatic N) is 1. The van der Waals surface area contributed by atoms with E-state index in [2.05, 4.69) is 19.1 Å². The Morgan fingerprint density at radius 1 is 1.12 bits per heavy atom. The van der Waals surface area contributed by atoms with Crippen LogP contribution < -0.4 is 4.74 Å². The lowest BCUT2D eigenvalue weighted by molar-refractivity contribution is 0.0734. The highest BCUT2D eigenvalue weighted by molar-refractivity contribution is 5.91. The molecule has 0 heterocycles. The first-order valence-electron chi connectivity index (χ1n) is 9.52. The number of carbonyl (C=O) groups is 1. The quantitative estimate of drug-likeness (QED) is 0.486. The average Bonchev–Trinajstić information content (AvgIpc) is 3.16. The maximum Gasteiger partial charge on any atom is 0.343 e. The second-order valence-electron chi connectivity index (χ2n) is 7.17. The van der Waals surface area contributed by atoms with Gasteiger partial charge in [0.2, 0.25) is 0 Å². The zero-order valence-electron chi connectivity index (χ0n) is 15.3. The first kappa shape index (κ1) is 18.2. The predicted octanol–water partition coefficient (Wildman–Crippen LogP) is 5.85. The molecule has 0 amide bonds. The molecule has 0 aromatic heterocycles. The minimum Gasteiger partial charge on any atom is -0.423 e. The van der Waals surface area contributed by atoms with Crippen molar-refractivity contribution >= 4 is 5.97 Å². The van der Waals surface area contributed by atoms with Crippen LogP contribution in [0.5, 0.6) is 5.75 Å². The fourth-order valence-electron chi connectivity index (χ4n) is 3.79. The molecule has 3 rings (SSSR count). The second-order valence-corrected chi connectivity index (χ2v) is 7.17. The minimum absolute atomic E-state index is 0.367. The van der Waals surface area contributed by atoms with Gasteiger partial charge in [-0.25, -0.2) is 4.79 Å². The Morgan fingerprint density at radius 2 is 1.85 bits per heavy atom. The van der Waals surface area contributed by atoms with E-state index in [0.717, 1.165) is 5.92 Å². The lowest BCUT2D eigenvalue weighted by Crippen LogP contribution is -2.08. The number of hydrogen-bond donors (Lipinski definition) is 0. The van der Waals surface area contributed by atoms with Crippen LogP contribution in [0.3, 0.4) is 0 Å². The number of esters is 1. The lowest BCUT2D eigenvalue weighted by atomic mass is 9.94. The van der Waals surface area contributed by atoms with E-state index in [0.29, 0.717) is 22.8 Å². The van der Waals surface area contributed by atoms with Gasteiger partial charge in [-0.15, -0.1) is 0 Å². The Labute approximate surface area is 155 Å². The molecule has 0 saturated heterocycles. The van der Waals surface area contributed by atoms with E-state index in [1.54, 1.807) is 24.3 Å². The molecule has 134 valence electrons. The number of ether oxygens (including phenoxy) is 1. The Hall–Kier alpha value is -2.60. The molecule has 0 unspecified atom stereocenters. The van der Waals surface area contributed by atoms with Crippen molar-refractivity contribution in [1.82, 2.24) is 0 Å². The van der Waals surface area contributed by atoms with Crippen molar-refractivity contribution in [1.29, 1.82) is 5.26 Å². The summed E-state index contributed by atoms with van der Waals surface area (Å²) in [6, 6.07) is 16.5. The topological polar surface area (TPSA) is 50.1 Å². The largest absolute Gasteiger partial charge is 0.423 e. The van der Waals surface area contributed by atoms with Gasteiger partial charge in [0, 0.05) is 0 Å². The number of benzene rings is 2. The van der Waals surface area contributed by atoms with Gasteiger partial charge < -0.3 is 4.74 Å². The summed E-state index contributed by atoms with van der Waals surface area (Å²) in [5.74, 6) is 1.57. The highest BCUT2D eigenvalue weighted by Crippen LogP contribution is 2.40. The first-order chi connectivity index (χ1) is 12.7. The van der Waals surface area contributed by atoms with E-state index >= 15 is 0 Å². The van der Waals surface area contributed by atoms with Crippen LogP contribution in [0, 0.1) is 17.2 Å². The van der Waals surface area contributed by atoms with Crippen LogP contribution in [0.15, 0.2) is 48.5 Å². The SMILES string of the molecule is CCCC[C@@H]1CC[C@H](c2ccc(C(=O)Oc3ccc(C#N)cc3)cc2)C1. The summed E-state index contributed by atoms with van der Waals surface area (Å²) >= 11 is 0. The van der Waals surface area contributed by atoms with Gasteiger partial charge in [0.05, 0.1) is 17.2 Å². The third kappa shape index (κ3) is 4.52. The van der Waals surface area contributed by atoms with Gasteiger partial charge in [-0.05, 0) is 73.1 Å². The number of rotatable bonds is 6.